The summed E-state index contributed by atoms with van der Waals surface area (Å²) in [5.41, 5.74) is 6.71. The first-order chi connectivity index (χ1) is 9.40. The second-order valence-corrected chi connectivity index (χ2v) is 8.93. The number of methoxy groups -OCH3 is 1. The van der Waals surface area contributed by atoms with Gasteiger partial charge in [-0.25, -0.2) is 8.42 Å². The first-order valence-corrected chi connectivity index (χ1v) is 9.52. The van der Waals surface area contributed by atoms with Gasteiger partial charge in [0.2, 0.25) is 0 Å². The van der Waals surface area contributed by atoms with E-state index in [1.165, 1.54) is 6.26 Å². The van der Waals surface area contributed by atoms with Gasteiger partial charge in [0.15, 0.2) is 0 Å². The van der Waals surface area contributed by atoms with E-state index in [-0.39, 0.29) is 5.25 Å². The molecule has 4 nitrogen and oxygen atoms in total. The van der Waals surface area contributed by atoms with Crippen LogP contribution in [0.3, 0.4) is 0 Å². The molecule has 112 valence electrons. The molecule has 2 unspecified atom stereocenters. The maximum atomic E-state index is 11.7. The van der Waals surface area contributed by atoms with Crippen LogP contribution in [0, 0.1) is 0 Å². The molecular weight excluding hydrogens is 294 g/mol. The number of anilines is 1. The van der Waals surface area contributed by atoms with Gasteiger partial charge in [0.05, 0.1) is 12.4 Å². The van der Waals surface area contributed by atoms with Crippen LogP contribution in [0.4, 0.5) is 5.69 Å². The minimum atomic E-state index is -2.94. The average Bonchev–Trinajstić information content (AvgIpc) is 2.41. The number of hydrogen-bond donors (Lipinski definition) is 1. The van der Waals surface area contributed by atoms with E-state index in [9.17, 15) is 8.42 Å². The monoisotopic (exact) mass is 315 g/mol. The number of ether oxygens (including phenoxy) is 1. The maximum absolute atomic E-state index is 11.7. The van der Waals surface area contributed by atoms with Crippen molar-refractivity contribution in [2.24, 2.45) is 0 Å². The van der Waals surface area contributed by atoms with Crippen molar-refractivity contribution in [1.82, 2.24) is 0 Å². The Morgan fingerprint density at radius 1 is 1.35 bits per heavy atom. The summed E-state index contributed by atoms with van der Waals surface area (Å²) in [7, 11) is -1.32. The lowest BCUT2D eigenvalue weighted by Gasteiger charge is -2.27. The van der Waals surface area contributed by atoms with Crippen LogP contribution in [0.5, 0.6) is 5.75 Å². The zero-order valence-corrected chi connectivity index (χ0v) is 13.5. The third-order valence-corrected chi connectivity index (χ3v) is 6.71. The Balaban J connectivity index is 2.10. The molecule has 2 rings (SSSR count). The molecule has 1 aromatic carbocycles. The number of rotatable bonds is 4. The molecule has 0 aromatic heterocycles. The Morgan fingerprint density at radius 3 is 2.75 bits per heavy atom. The zero-order chi connectivity index (χ0) is 14.8. The van der Waals surface area contributed by atoms with Crippen molar-refractivity contribution < 1.29 is 13.2 Å². The van der Waals surface area contributed by atoms with Crippen LogP contribution in [0.1, 0.15) is 25.7 Å². The van der Waals surface area contributed by atoms with Crippen molar-refractivity contribution in [2.45, 2.75) is 41.1 Å². The highest BCUT2D eigenvalue weighted by Crippen LogP contribution is 2.39. The number of nitrogen functional groups attached to an aromatic ring is 1. The van der Waals surface area contributed by atoms with Crippen molar-refractivity contribution in [1.29, 1.82) is 0 Å². The zero-order valence-electron chi connectivity index (χ0n) is 11.8. The highest BCUT2D eigenvalue weighted by Gasteiger charge is 2.29. The normalized spacial score (nSPS) is 23.5. The van der Waals surface area contributed by atoms with Gasteiger partial charge in [-0.1, -0.05) is 6.42 Å². The molecule has 1 fully saturated rings. The third kappa shape index (κ3) is 3.82. The lowest BCUT2D eigenvalue weighted by Crippen LogP contribution is -2.28. The Hall–Kier alpha value is -0.880. The van der Waals surface area contributed by atoms with E-state index < -0.39 is 9.84 Å². The number of sulfone groups is 1. The molecule has 0 amide bonds. The van der Waals surface area contributed by atoms with Crippen molar-refractivity contribution in [3.05, 3.63) is 18.2 Å². The van der Waals surface area contributed by atoms with E-state index in [0.717, 1.165) is 35.6 Å². The van der Waals surface area contributed by atoms with Crippen LogP contribution in [0.2, 0.25) is 0 Å². The van der Waals surface area contributed by atoms with E-state index in [1.54, 1.807) is 18.9 Å². The van der Waals surface area contributed by atoms with Gasteiger partial charge in [-0.3, -0.25) is 0 Å². The molecular formula is C14H21NO3S2. The molecule has 0 heterocycles. The Morgan fingerprint density at radius 2 is 2.10 bits per heavy atom. The molecule has 1 aliphatic carbocycles. The van der Waals surface area contributed by atoms with E-state index in [0.29, 0.717) is 11.7 Å². The topological polar surface area (TPSA) is 69.4 Å². The largest absolute Gasteiger partial charge is 0.497 e. The number of hydrogen-bond acceptors (Lipinski definition) is 5. The molecule has 2 N–H and O–H groups in total. The summed E-state index contributed by atoms with van der Waals surface area (Å²) in [5, 5.41) is 0.0958. The smallest absolute Gasteiger partial charge is 0.150 e. The molecule has 0 radical (unpaired) electrons. The highest BCUT2D eigenvalue weighted by atomic mass is 32.2. The van der Waals surface area contributed by atoms with E-state index >= 15 is 0 Å². The van der Waals surface area contributed by atoms with E-state index in [4.69, 9.17) is 10.5 Å². The second-order valence-electron chi connectivity index (χ2n) is 5.26. The Kier molecular flexibility index (Phi) is 4.86. The summed E-state index contributed by atoms with van der Waals surface area (Å²) < 4.78 is 28.6. The summed E-state index contributed by atoms with van der Waals surface area (Å²) in [6.07, 6.45) is 4.82. The van der Waals surface area contributed by atoms with Gasteiger partial charge in [0, 0.05) is 22.1 Å². The lowest BCUT2D eigenvalue weighted by molar-refractivity contribution is 0.414. The minimum absolute atomic E-state index is 0.208. The van der Waals surface area contributed by atoms with Crippen LogP contribution < -0.4 is 10.5 Å². The SMILES string of the molecule is COc1ccc(N)c(SC2CCCC(S(C)(=O)=O)C2)c1. The molecule has 0 aliphatic heterocycles. The Labute approximate surface area is 125 Å². The minimum Gasteiger partial charge on any atom is -0.497 e. The van der Waals surface area contributed by atoms with Gasteiger partial charge in [-0.2, -0.15) is 0 Å². The predicted octanol–water partition coefficient (Wildman–Crippen LogP) is 2.73. The van der Waals surface area contributed by atoms with Gasteiger partial charge < -0.3 is 10.5 Å². The molecule has 1 saturated carbocycles. The quantitative estimate of drug-likeness (QED) is 0.865. The fourth-order valence-corrected chi connectivity index (χ4v) is 5.18. The van der Waals surface area contributed by atoms with Gasteiger partial charge in [0.1, 0.15) is 15.6 Å². The first-order valence-electron chi connectivity index (χ1n) is 6.69. The molecule has 1 aliphatic rings. The van der Waals surface area contributed by atoms with Crippen LogP contribution >= 0.6 is 11.8 Å². The summed E-state index contributed by atoms with van der Waals surface area (Å²) in [6.45, 7) is 0. The highest BCUT2D eigenvalue weighted by molar-refractivity contribution is 8.00. The van der Waals surface area contributed by atoms with E-state index in [2.05, 4.69) is 0 Å². The summed E-state index contributed by atoms with van der Waals surface area (Å²) >= 11 is 1.67. The van der Waals surface area contributed by atoms with Gasteiger partial charge >= 0.3 is 0 Å². The molecule has 1 aromatic rings. The van der Waals surface area contributed by atoms with Gasteiger partial charge in [0.25, 0.3) is 0 Å². The molecule has 20 heavy (non-hydrogen) atoms. The first kappa shape index (κ1) is 15.5. The average molecular weight is 315 g/mol. The standard InChI is InChI=1S/C14H21NO3S2/c1-18-10-6-7-13(15)14(8-10)19-11-4-3-5-12(9-11)20(2,16)17/h6-8,11-12H,3-5,9,15H2,1-2H3. The third-order valence-electron chi connectivity index (χ3n) is 3.70. The summed E-state index contributed by atoms with van der Waals surface area (Å²) in [4.78, 5) is 0.975. The molecule has 2 atom stereocenters. The number of thioether (sulfide) groups is 1. The van der Waals surface area contributed by atoms with Crippen LogP contribution in [-0.4, -0.2) is 32.3 Å². The molecule has 0 bridgehead atoms. The van der Waals surface area contributed by atoms with E-state index in [1.807, 2.05) is 18.2 Å². The fourth-order valence-electron chi connectivity index (χ4n) is 2.52. The number of nitrogens with two attached hydrogens (primary N) is 1. The Bertz CT molecular complexity index is 572. The van der Waals surface area contributed by atoms with Crippen LogP contribution in [0.25, 0.3) is 0 Å². The van der Waals surface area contributed by atoms with Crippen LogP contribution in [-0.2, 0) is 9.84 Å². The fraction of sp³-hybridized carbons (Fsp3) is 0.571. The molecule has 0 saturated heterocycles. The van der Waals surface area contributed by atoms with Crippen molar-refractivity contribution in [2.75, 3.05) is 19.1 Å². The van der Waals surface area contributed by atoms with Gasteiger partial charge in [-0.15, -0.1) is 11.8 Å². The van der Waals surface area contributed by atoms with Gasteiger partial charge in [-0.05, 0) is 37.5 Å². The maximum Gasteiger partial charge on any atom is 0.150 e. The molecule has 0 spiro atoms. The second kappa shape index (κ2) is 6.26. The predicted molar refractivity (Wildman–Crippen MR) is 84.2 cm³/mol. The molecule has 6 heteroatoms. The van der Waals surface area contributed by atoms with Crippen molar-refractivity contribution in [3.8, 4) is 5.75 Å². The number of benzene rings is 1. The summed E-state index contributed by atoms with van der Waals surface area (Å²) in [6, 6.07) is 5.58. The van der Waals surface area contributed by atoms with Crippen LogP contribution in [0.15, 0.2) is 23.1 Å². The lowest BCUT2D eigenvalue weighted by atomic mass is 10.00. The van der Waals surface area contributed by atoms with Crippen molar-refractivity contribution >= 4 is 27.3 Å². The van der Waals surface area contributed by atoms with Crippen molar-refractivity contribution in [3.63, 3.8) is 0 Å². The summed E-state index contributed by atoms with van der Waals surface area (Å²) in [5.74, 6) is 0.775.